The van der Waals surface area contributed by atoms with Crippen LogP contribution in [-0.4, -0.2) is 31.5 Å². The van der Waals surface area contributed by atoms with Crippen LogP contribution in [0, 0.1) is 19.7 Å². The van der Waals surface area contributed by atoms with Crippen LogP contribution in [0.4, 0.5) is 21.6 Å². The zero-order chi connectivity index (χ0) is 23.8. The van der Waals surface area contributed by atoms with E-state index < -0.39 is 21.6 Å². The summed E-state index contributed by atoms with van der Waals surface area (Å²) in [5.41, 5.74) is 3.41. The summed E-state index contributed by atoms with van der Waals surface area (Å²) in [6.45, 7) is 5.51. The second-order valence-electron chi connectivity index (χ2n) is 7.91. The first kappa shape index (κ1) is 22.5. The maximum Gasteiger partial charge on any atom is 0.177 e. The zero-order valence-electron chi connectivity index (χ0n) is 18.7. The number of aryl methyl sites for hydroxylation is 2. The van der Waals surface area contributed by atoms with E-state index in [4.69, 9.17) is 9.26 Å². The molecule has 0 saturated carbocycles. The van der Waals surface area contributed by atoms with Crippen molar-refractivity contribution in [2.45, 2.75) is 26.9 Å². The molecule has 0 spiro atoms. The lowest BCUT2D eigenvalue weighted by molar-refractivity contribution is 0.182. The fraction of sp³-hybridized carbons (Fsp3) is 0.217. The molecule has 0 aliphatic heterocycles. The molecule has 2 heterocycles. The van der Waals surface area contributed by atoms with Crippen molar-refractivity contribution in [3.05, 3.63) is 65.6 Å². The predicted octanol–water partition coefficient (Wildman–Crippen LogP) is 4.93. The molecule has 0 aliphatic carbocycles. The number of hydrogen-bond donors (Lipinski definition) is 2. The van der Waals surface area contributed by atoms with E-state index in [-0.39, 0.29) is 0 Å². The number of nitrogens with one attached hydrogen (secondary N) is 2. The number of halogens is 1. The van der Waals surface area contributed by atoms with E-state index in [0.717, 1.165) is 16.6 Å². The number of ether oxygens (including phenoxy) is 1. The van der Waals surface area contributed by atoms with Gasteiger partial charge in [-0.1, -0.05) is 5.16 Å². The molecule has 10 heteroatoms. The van der Waals surface area contributed by atoms with Crippen molar-refractivity contribution in [3.8, 4) is 5.75 Å². The minimum absolute atomic E-state index is 0.294. The van der Waals surface area contributed by atoms with Crippen LogP contribution >= 0.6 is 0 Å². The first-order valence-corrected chi connectivity index (χ1v) is 12.2. The van der Waals surface area contributed by atoms with Gasteiger partial charge in [0.25, 0.3) is 0 Å². The first-order valence-electron chi connectivity index (χ1n) is 10.1. The van der Waals surface area contributed by atoms with Gasteiger partial charge in [-0.2, -0.15) is 0 Å². The molecule has 0 bridgehead atoms. The lowest BCUT2D eigenvalue weighted by atomic mass is 10.1. The second-order valence-corrected chi connectivity index (χ2v) is 10.1. The van der Waals surface area contributed by atoms with Gasteiger partial charge in [-0.15, -0.1) is 0 Å². The molecule has 2 N–H and O–H groups in total. The zero-order valence-corrected chi connectivity index (χ0v) is 19.5. The van der Waals surface area contributed by atoms with Crippen molar-refractivity contribution in [1.29, 1.82) is 0 Å². The quantitative estimate of drug-likeness (QED) is 0.370. The molecule has 0 saturated heterocycles. The van der Waals surface area contributed by atoms with Crippen LogP contribution in [0.5, 0.6) is 5.75 Å². The van der Waals surface area contributed by atoms with Crippen molar-refractivity contribution < 1.29 is 17.9 Å². The van der Waals surface area contributed by atoms with Gasteiger partial charge >= 0.3 is 0 Å². The molecular formula is C23H24FN5O3S. The molecule has 172 valence electrons. The average molecular weight is 470 g/mol. The molecule has 0 amide bonds. The van der Waals surface area contributed by atoms with Crippen LogP contribution in [0.15, 0.2) is 47.2 Å². The Morgan fingerprint density at radius 3 is 2.67 bits per heavy atom. The number of aromatic nitrogens is 3. The molecule has 0 radical (unpaired) electrons. The summed E-state index contributed by atoms with van der Waals surface area (Å²) in [7, 11) is -2.44. The highest BCUT2D eigenvalue weighted by Crippen LogP contribution is 2.35. The topological polar surface area (TPSA) is 102 Å². The SMILES string of the molecule is C=S(C)(=O)Nc1cc(C)c2c(Nc3ccc(F)cc3O[C@H](C)c3cc(C)no3)ncnc2c1. The molecule has 8 nitrogen and oxygen atoms in total. The average Bonchev–Trinajstić information content (AvgIpc) is 3.15. The van der Waals surface area contributed by atoms with Gasteiger partial charge in [-0.05, 0) is 56.5 Å². The van der Waals surface area contributed by atoms with Crippen molar-refractivity contribution in [1.82, 2.24) is 15.1 Å². The highest BCUT2D eigenvalue weighted by molar-refractivity contribution is 8.00. The number of hydrogen-bond acceptors (Lipinski definition) is 7. The first-order chi connectivity index (χ1) is 15.6. The van der Waals surface area contributed by atoms with Crippen LogP contribution in [0.25, 0.3) is 10.9 Å². The molecule has 2 atom stereocenters. The molecule has 2 aromatic heterocycles. The van der Waals surface area contributed by atoms with Crippen molar-refractivity contribution in [3.63, 3.8) is 0 Å². The highest BCUT2D eigenvalue weighted by Gasteiger charge is 2.17. The van der Waals surface area contributed by atoms with Gasteiger partial charge in [0.05, 0.1) is 16.9 Å². The number of fused-ring (bicyclic) bond motifs is 1. The number of nitrogens with zero attached hydrogens (tertiary/aromatic N) is 3. The molecular weight excluding hydrogens is 445 g/mol. The fourth-order valence-electron chi connectivity index (χ4n) is 3.44. The van der Waals surface area contributed by atoms with E-state index in [0.29, 0.717) is 34.2 Å². The summed E-state index contributed by atoms with van der Waals surface area (Å²) in [4.78, 5) is 8.73. The van der Waals surface area contributed by atoms with Gasteiger partial charge in [0, 0.05) is 39.2 Å². The Hall–Kier alpha value is -3.66. The maximum atomic E-state index is 14.0. The number of anilines is 3. The van der Waals surface area contributed by atoms with Gasteiger partial charge in [0.15, 0.2) is 11.9 Å². The Kier molecular flexibility index (Phi) is 5.94. The summed E-state index contributed by atoms with van der Waals surface area (Å²) >= 11 is 0. The van der Waals surface area contributed by atoms with Gasteiger partial charge in [0.1, 0.15) is 23.7 Å². The van der Waals surface area contributed by atoms with Crippen LogP contribution in [0.3, 0.4) is 0 Å². The monoisotopic (exact) mass is 469 g/mol. The van der Waals surface area contributed by atoms with Crippen LogP contribution < -0.4 is 14.8 Å². The van der Waals surface area contributed by atoms with Gasteiger partial charge < -0.3 is 19.3 Å². The van der Waals surface area contributed by atoms with E-state index in [1.54, 1.807) is 25.1 Å². The maximum absolute atomic E-state index is 14.0. The predicted molar refractivity (Wildman–Crippen MR) is 129 cm³/mol. The molecule has 1 unspecified atom stereocenters. The normalized spacial score (nSPS) is 14.0. The van der Waals surface area contributed by atoms with E-state index in [1.807, 2.05) is 19.9 Å². The largest absolute Gasteiger partial charge is 0.480 e. The summed E-state index contributed by atoms with van der Waals surface area (Å²) in [6.07, 6.45) is 2.46. The van der Waals surface area contributed by atoms with Crippen LogP contribution in [-0.2, 0) is 9.71 Å². The standard InChI is InChI=1S/C23H24FN5O3S/c1-13-8-17(29-33(4,5)30)11-19-22(13)23(26-12-25-19)27-18-7-6-16(24)10-21(18)31-15(3)20-9-14(2)28-32-20/h6-12,15H,4H2,1-3,5H3,(H,29,30)(H,25,26,27)/t15-,33?/m1/s1. The van der Waals surface area contributed by atoms with Gasteiger partial charge in [-0.25, -0.2) is 18.6 Å². The lowest BCUT2D eigenvalue weighted by Crippen LogP contribution is -2.09. The Morgan fingerprint density at radius 1 is 1.18 bits per heavy atom. The Labute approximate surface area is 191 Å². The van der Waals surface area contributed by atoms with Crippen molar-refractivity contribution in [2.75, 3.05) is 16.3 Å². The minimum atomic E-state index is -2.44. The van der Waals surface area contributed by atoms with Gasteiger partial charge in [0.2, 0.25) is 0 Å². The van der Waals surface area contributed by atoms with E-state index in [9.17, 15) is 8.60 Å². The summed E-state index contributed by atoms with van der Waals surface area (Å²) in [5, 5.41) is 7.87. The number of benzene rings is 2. The minimum Gasteiger partial charge on any atom is -0.480 e. The molecule has 0 aliphatic rings. The highest BCUT2D eigenvalue weighted by atomic mass is 32.2. The summed E-state index contributed by atoms with van der Waals surface area (Å²) < 4.78 is 40.2. The van der Waals surface area contributed by atoms with Crippen LogP contribution in [0.2, 0.25) is 0 Å². The Balaban J connectivity index is 1.70. The third-order valence-electron chi connectivity index (χ3n) is 4.82. The van der Waals surface area contributed by atoms with Crippen molar-refractivity contribution >= 4 is 43.7 Å². The number of rotatable bonds is 7. The summed E-state index contributed by atoms with van der Waals surface area (Å²) in [5.74, 6) is 4.54. The molecule has 2 aromatic carbocycles. The van der Waals surface area contributed by atoms with Crippen LogP contribution in [0.1, 0.15) is 30.0 Å². The summed E-state index contributed by atoms with van der Waals surface area (Å²) in [6, 6.07) is 9.61. The molecule has 0 fully saturated rings. The van der Waals surface area contributed by atoms with E-state index in [1.165, 1.54) is 24.7 Å². The Morgan fingerprint density at radius 2 is 1.97 bits per heavy atom. The van der Waals surface area contributed by atoms with E-state index in [2.05, 4.69) is 31.0 Å². The third-order valence-corrected chi connectivity index (χ3v) is 5.48. The Bertz CT molecular complexity index is 1440. The molecule has 33 heavy (non-hydrogen) atoms. The second kappa shape index (κ2) is 8.70. The van der Waals surface area contributed by atoms with Gasteiger partial charge in [-0.3, -0.25) is 0 Å². The smallest absolute Gasteiger partial charge is 0.177 e. The third kappa shape index (κ3) is 5.23. The fourth-order valence-corrected chi connectivity index (χ4v) is 4.06. The van der Waals surface area contributed by atoms with E-state index >= 15 is 0 Å². The lowest BCUT2D eigenvalue weighted by Gasteiger charge is -2.18. The molecule has 4 rings (SSSR count). The van der Waals surface area contributed by atoms with Crippen molar-refractivity contribution in [2.24, 2.45) is 0 Å². The molecule has 4 aromatic rings.